The molecular formula is C27H27ClN4O2S. The maximum absolute atomic E-state index is 13.4. The van der Waals surface area contributed by atoms with Gasteiger partial charge in [0, 0.05) is 47.3 Å². The Morgan fingerprint density at radius 3 is 2.63 bits per heavy atom. The van der Waals surface area contributed by atoms with Crippen LogP contribution in [-0.4, -0.2) is 50.9 Å². The van der Waals surface area contributed by atoms with E-state index in [9.17, 15) is 9.59 Å². The van der Waals surface area contributed by atoms with Crippen LogP contribution in [0.3, 0.4) is 0 Å². The topological polar surface area (TPSA) is 48.8 Å². The van der Waals surface area contributed by atoms with E-state index >= 15 is 0 Å². The molecule has 2 saturated heterocycles. The summed E-state index contributed by atoms with van der Waals surface area (Å²) < 4.78 is 1.99. The highest BCUT2D eigenvalue weighted by Crippen LogP contribution is 2.31. The molecule has 3 aromatic rings. The largest absolute Gasteiger partial charge is 0.338 e. The molecule has 2 aromatic carbocycles. The van der Waals surface area contributed by atoms with E-state index in [1.807, 2.05) is 46.0 Å². The Morgan fingerprint density at radius 2 is 1.89 bits per heavy atom. The van der Waals surface area contributed by atoms with E-state index in [2.05, 4.69) is 6.92 Å². The zero-order chi connectivity index (χ0) is 24.7. The first kappa shape index (κ1) is 23.6. The van der Waals surface area contributed by atoms with Crippen LogP contribution < -0.4 is 4.90 Å². The summed E-state index contributed by atoms with van der Waals surface area (Å²) in [5.41, 5.74) is 2.98. The first-order chi connectivity index (χ1) is 16.8. The number of carbonyl (C=O) groups is 2. The van der Waals surface area contributed by atoms with Gasteiger partial charge in [0.1, 0.15) is 12.2 Å². The second-order valence-electron chi connectivity index (χ2n) is 9.15. The lowest BCUT2D eigenvalue weighted by Crippen LogP contribution is -2.43. The van der Waals surface area contributed by atoms with Gasteiger partial charge in [-0.25, -0.2) is 0 Å². The van der Waals surface area contributed by atoms with E-state index in [-0.39, 0.29) is 24.4 Å². The maximum Gasteiger partial charge on any atom is 0.281 e. The third-order valence-corrected chi connectivity index (χ3v) is 7.60. The summed E-state index contributed by atoms with van der Waals surface area (Å²) in [5, 5.41) is 1.98. The summed E-state index contributed by atoms with van der Waals surface area (Å²) in [7, 11) is 1.79. The van der Waals surface area contributed by atoms with Gasteiger partial charge < -0.3 is 14.4 Å². The van der Waals surface area contributed by atoms with Crippen LogP contribution in [0.5, 0.6) is 0 Å². The van der Waals surface area contributed by atoms with Gasteiger partial charge in [-0.05, 0) is 74.8 Å². The molecule has 2 aliphatic rings. The number of likely N-dealkylation sites (tertiary alicyclic amines) is 1. The quantitative estimate of drug-likeness (QED) is 0.356. The average molecular weight is 507 g/mol. The summed E-state index contributed by atoms with van der Waals surface area (Å²) in [6.07, 6.45) is 7.09. The fourth-order valence-electron chi connectivity index (χ4n) is 4.95. The molecule has 2 amide bonds. The van der Waals surface area contributed by atoms with Crippen LogP contribution in [0.4, 0.5) is 5.69 Å². The van der Waals surface area contributed by atoms with Gasteiger partial charge in [-0.1, -0.05) is 29.8 Å². The molecule has 0 bridgehead atoms. The lowest BCUT2D eigenvalue weighted by atomic mass is 10.0. The predicted molar refractivity (Wildman–Crippen MR) is 144 cm³/mol. The highest BCUT2D eigenvalue weighted by molar-refractivity contribution is 7.80. The average Bonchev–Trinajstić information content (AvgIpc) is 3.30. The van der Waals surface area contributed by atoms with E-state index in [4.69, 9.17) is 23.8 Å². The maximum atomic E-state index is 13.4. The molecule has 1 aromatic heterocycles. The van der Waals surface area contributed by atoms with Crippen molar-refractivity contribution in [2.45, 2.75) is 38.8 Å². The minimum atomic E-state index is -0.199. The number of rotatable bonds is 4. The minimum Gasteiger partial charge on any atom is -0.338 e. The monoisotopic (exact) mass is 506 g/mol. The third kappa shape index (κ3) is 4.34. The Hall–Kier alpha value is -3.16. The number of anilines is 1. The fraction of sp³-hybridized carbons (Fsp3) is 0.296. The fourth-order valence-corrected chi connectivity index (χ4v) is 5.36. The summed E-state index contributed by atoms with van der Waals surface area (Å²) in [5.74, 6) is -0.0730. The van der Waals surface area contributed by atoms with Crippen LogP contribution in [-0.2, 0) is 16.1 Å². The van der Waals surface area contributed by atoms with Crippen molar-refractivity contribution < 1.29 is 9.59 Å². The number of amides is 2. The number of thiocarbonyl (C=S) groups is 1. The summed E-state index contributed by atoms with van der Waals surface area (Å²) >= 11 is 11.6. The van der Waals surface area contributed by atoms with Crippen LogP contribution >= 0.6 is 23.8 Å². The van der Waals surface area contributed by atoms with E-state index in [1.54, 1.807) is 36.2 Å². The first-order valence-corrected chi connectivity index (χ1v) is 12.6. The van der Waals surface area contributed by atoms with Gasteiger partial charge in [0.25, 0.3) is 5.91 Å². The van der Waals surface area contributed by atoms with Gasteiger partial charge in [0.2, 0.25) is 5.91 Å². The number of hydrogen-bond acceptors (Lipinski definition) is 3. The van der Waals surface area contributed by atoms with Gasteiger partial charge in [-0.3, -0.25) is 14.5 Å². The van der Waals surface area contributed by atoms with Crippen molar-refractivity contribution in [3.8, 4) is 0 Å². The molecule has 0 aliphatic carbocycles. The zero-order valence-corrected chi connectivity index (χ0v) is 21.4. The molecule has 8 heteroatoms. The van der Waals surface area contributed by atoms with Gasteiger partial charge in [-0.15, -0.1) is 0 Å². The molecule has 0 spiro atoms. The van der Waals surface area contributed by atoms with E-state index < -0.39 is 0 Å². The van der Waals surface area contributed by atoms with Crippen LogP contribution in [0.2, 0.25) is 5.02 Å². The van der Waals surface area contributed by atoms with E-state index in [1.165, 1.54) is 11.3 Å². The van der Waals surface area contributed by atoms with Gasteiger partial charge in [-0.2, -0.15) is 0 Å². The SMILES string of the molecule is C[C@@H]1CCCCN1C(=O)Cn1cc(/C=C2/C(=O)N(c3ccc(Cl)cc3)C(=S)N2C)c2ccccc21. The lowest BCUT2D eigenvalue weighted by molar-refractivity contribution is -0.135. The van der Waals surface area contributed by atoms with Crippen molar-refractivity contribution in [2.24, 2.45) is 0 Å². The number of fused-ring (bicyclic) bond motifs is 1. The number of piperidine rings is 1. The number of hydrogen-bond donors (Lipinski definition) is 0. The molecule has 0 radical (unpaired) electrons. The second-order valence-corrected chi connectivity index (χ2v) is 9.95. The third-order valence-electron chi connectivity index (χ3n) is 6.89. The number of para-hydroxylation sites is 1. The minimum absolute atomic E-state index is 0.126. The number of likely N-dealkylation sites (N-methyl/N-ethyl adjacent to an activating group) is 1. The molecule has 3 heterocycles. The zero-order valence-electron chi connectivity index (χ0n) is 19.8. The van der Waals surface area contributed by atoms with E-state index in [0.29, 0.717) is 21.5 Å². The highest BCUT2D eigenvalue weighted by Gasteiger charge is 2.37. The van der Waals surface area contributed by atoms with Crippen molar-refractivity contribution in [3.05, 3.63) is 71.0 Å². The molecular weight excluding hydrogens is 480 g/mol. The van der Waals surface area contributed by atoms with Gasteiger partial charge >= 0.3 is 0 Å². The lowest BCUT2D eigenvalue weighted by Gasteiger charge is -2.33. The second kappa shape index (κ2) is 9.47. The standard InChI is InChI=1S/C27H27ClN4O2S/c1-18-7-5-6-14-31(18)25(33)17-30-16-19(22-8-3-4-9-23(22)30)15-24-26(34)32(27(35)29(24)2)21-12-10-20(28)11-13-21/h3-4,8-13,15-16,18H,5-7,14,17H2,1-2H3/b24-15-/t18-/m1/s1. The molecule has 180 valence electrons. The molecule has 5 rings (SSSR count). The highest BCUT2D eigenvalue weighted by atomic mass is 35.5. The number of carbonyl (C=O) groups excluding carboxylic acids is 2. The number of aromatic nitrogens is 1. The van der Waals surface area contributed by atoms with Crippen LogP contribution in [0.15, 0.2) is 60.4 Å². The molecule has 2 fully saturated rings. The normalized spacial score (nSPS) is 19.9. The van der Waals surface area contributed by atoms with Crippen LogP contribution in [0.25, 0.3) is 17.0 Å². The number of nitrogens with zero attached hydrogens (tertiary/aromatic N) is 4. The Morgan fingerprint density at radius 1 is 1.14 bits per heavy atom. The Labute approximate surface area is 215 Å². The predicted octanol–water partition coefficient (Wildman–Crippen LogP) is 5.30. The molecule has 0 N–H and O–H groups in total. The number of benzene rings is 2. The van der Waals surface area contributed by atoms with Gasteiger partial charge in [0.15, 0.2) is 5.11 Å². The molecule has 35 heavy (non-hydrogen) atoms. The molecule has 6 nitrogen and oxygen atoms in total. The van der Waals surface area contributed by atoms with Crippen molar-refractivity contribution in [3.63, 3.8) is 0 Å². The van der Waals surface area contributed by atoms with E-state index in [0.717, 1.165) is 35.9 Å². The summed E-state index contributed by atoms with van der Waals surface area (Å²) in [6.45, 7) is 3.21. The van der Waals surface area contributed by atoms with Crippen LogP contribution in [0, 0.1) is 0 Å². The first-order valence-electron chi connectivity index (χ1n) is 11.8. The van der Waals surface area contributed by atoms with Crippen molar-refractivity contribution in [1.29, 1.82) is 0 Å². The molecule has 0 unspecified atom stereocenters. The van der Waals surface area contributed by atoms with Crippen LogP contribution in [0.1, 0.15) is 31.7 Å². The molecule has 0 saturated carbocycles. The number of halogens is 1. The van der Waals surface area contributed by atoms with Gasteiger partial charge in [0.05, 0.1) is 5.69 Å². The molecule has 1 atom stereocenters. The smallest absolute Gasteiger partial charge is 0.281 e. The summed E-state index contributed by atoms with van der Waals surface area (Å²) in [6, 6.07) is 15.3. The summed E-state index contributed by atoms with van der Waals surface area (Å²) in [4.78, 5) is 31.8. The van der Waals surface area contributed by atoms with Crippen molar-refractivity contribution >= 4 is 63.4 Å². The molecule has 2 aliphatic heterocycles. The Kier molecular flexibility index (Phi) is 6.38. The van der Waals surface area contributed by atoms with Crippen molar-refractivity contribution in [2.75, 3.05) is 18.5 Å². The van der Waals surface area contributed by atoms with Crippen molar-refractivity contribution in [1.82, 2.24) is 14.4 Å². The Balaban J connectivity index is 1.49. The Bertz CT molecular complexity index is 1350.